The van der Waals surface area contributed by atoms with Crippen molar-refractivity contribution >= 4 is 28.4 Å². The van der Waals surface area contributed by atoms with Crippen LogP contribution in [0.1, 0.15) is 20.3 Å². The maximum absolute atomic E-state index is 5.24. The van der Waals surface area contributed by atoms with Crippen LogP contribution in [0.2, 0.25) is 0 Å². The van der Waals surface area contributed by atoms with E-state index in [1.165, 1.54) is 11.8 Å². The van der Waals surface area contributed by atoms with E-state index < -0.39 is 0 Å². The minimum absolute atomic E-state index is 0.268. The monoisotopic (exact) mass is 164 g/mol. The van der Waals surface area contributed by atoms with Crippen LogP contribution in [0.5, 0.6) is 0 Å². The minimum atomic E-state index is 0.268. The summed E-state index contributed by atoms with van der Waals surface area (Å²) >= 11 is 6.32. The summed E-state index contributed by atoms with van der Waals surface area (Å²) in [6.45, 7) is 4.09. The molecule has 0 saturated heterocycles. The molecule has 0 fully saturated rings. The van der Waals surface area contributed by atoms with Gasteiger partial charge in [-0.2, -0.15) is 0 Å². The molecule has 0 bridgehead atoms. The van der Waals surface area contributed by atoms with Crippen LogP contribution in [0, 0.1) is 0 Å². The number of ether oxygens (including phenoxy) is 1. The lowest BCUT2D eigenvalue weighted by Gasteiger charge is -2.10. The van der Waals surface area contributed by atoms with Gasteiger partial charge in [0.05, 0.1) is 6.10 Å². The van der Waals surface area contributed by atoms with Crippen LogP contribution in [-0.4, -0.2) is 16.7 Å². The number of hydrogen-bond acceptors (Lipinski definition) is 3. The van der Waals surface area contributed by atoms with Crippen molar-refractivity contribution in [1.82, 2.24) is 0 Å². The van der Waals surface area contributed by atoms with Gasteiger partial charge in [-0.25, -0.2) is 0 Å². The lowest BCUT2D eigenvalue weighted by Crippen LogP contribution is -2.08. The third-order valence-corrected chi connectivity index (χ3v) is 2.06. The summed E-state index contributed by atoms with van der Waals surface area (Å²) in [5.41, 5.74) is 0. The molecule has 9 heavy (non-hydrogen) atoms. The lowest BCUT2D eigenvalue weighted by atomic mass is 10.3. The van der Waals surface area contributed by atoms with Crippen molar-refractivity contribution < 1.29 is 4.74 Å². The fraction of sp³-hybridized carbons (Fsp3) is 0.833. The first-order valence-corrected chi connectivity index (χ1v) is 4.58. The molecule has 0 aromatic heterocycles. The zero-order chi connectivity index (χ0) is 7.28. The Hall–Kier alpha value is 0.240. The van der Waals surface area contributed by atoms with Crippen molar-refractivity contribution in [1.29, 1.82) is 0 Å². The highest BCUT2D eigenvalue weighted by molar-refractivity contribution is 8.22. The summed E-state index contributed by atoms with van der Waals surface area (Å²) in [5, 5.41) is 0. The Morgan fingerprint density at radius 2 is 2.33 bits per heavy atom. The van der Waals surface area contributed by atoms with Crippen molar-refractivity contribution in [2.45, 2.75) is 26.4 Å². The first-order valence-electron chi connectivity index (χ1n) is 2.95. The zero-order valence-electron chi connectivity index (χ0n) is 6.01. The predicted octanol–water partition coefficient (Wildman–Crippen LogP) is 2.45. The van der Waals surface area contributed by atoms with Crippen LogP contribution in [0.3, 0.4) is 0 Å². The van der Waals surface area contributed by atoms with E-state index in [1.807, 2.05) is 13.2 Å². The van der Waals surface area contributed by atoms with E-state index >= 15 is 0 Å². The van der Waals surface area contributed by atoms with Crippen LogP contribution in [0.4, 0.5) is 0 Å². The molecule has 0 aromatic rings. The van der Waals surface area contributed by atoms with Crippen molar-refractivity contribution in [3.05, 3.63) is 0 Å². The molecule has 0 aliphatic carbocycles. The van der Waals surface area contributed by atoms with Gasteiger partial charge in [0.2, 0.25) is 4.38 Å². The van der Waals surface area contributed by atoms with E-state index in [1.54, 1.807) is 0 Å². The van der Waals surface area contributed by atoms with Crippen molar-refractivity contribution in [3.63, 3.8) is 0 Å². The quantitative estimate of drug-likeness (QED) is 0.580. The Morgan fingerprint density at radius 1 is 1.78 bits per heavy atom. The van der Waals surface area contributed by atoms with Crippen LogP contribution >= 0.6 is 24.0 Å². The highest BCUT2D eigenvalue weighted by Gasteiger charge is 2.00. The molecule has 0 radical (unpaired) electrons. The van der Waals surface area contributed by atoms with Gasteiger partial charge in [-0.05, 0) is 31.8 Å². The first kappa shape index (κ1) is 9.24. The average molecular weight is 164 g/mol. The molecule has 0 aromatic carbocycles. The molecule has 0 N–H and O–H groups in total. The third-order valence-electron chi connectivity index (χ3n) is 1.04. The van der Waals surface area contributed by atoms with E-state index in [0.717, 1.165) is 6.42 Å². The van der Waals surface area contributed by atoms with Gasteiger partial charge in [0.25, 0.3) is 0 Å². The van der Waals surface area contributed by atoms with Gasteiger partial charge in [-0.15, -0.1) is 0 Å². The van der Waals surface area contributed by atoms with Crippen molar-refractivity contribution in [2.24, 2.45) is 0 Å². The number of thiocarbonyl (C=S) groups is 1. The molecule has 0 aliphatic heterocycles. The topological polar surface area (TPSA) is 9.23 Å². The van der Waals surface area contributed by atoms with Crippen LogP contribution in [-0.2, 0) is 4.74 Å². The van der Waals surface area contributed by atoms with Gasteiger partial charge in [0, 0.05) is 0 Å². The van der Waals surface area contributed by atoms with Gasteiger partial charge in [0.1, 0.15) is 0 Å². The second kappa shape index (κ2) is 5.06. The van der Waals surface area contributed by atoms with Crippen LogP contribution < -0.4 is 0 Å². The molecule has 0 spiro atoms. The van der Waals surface area contributed by atoms with Crippen molar-refractivity contribution in [2.75, 3.05) is 6.26 Å². The van der Waals surface area contributed by atoms with Gasteiger partial charge < -0.3 is 4.74 Å². The third kappa shape index (κ3) is 4.73. The Bertz CT molecular complexity index is 93.1. The molecule has 0 saturated carbocycles. The molecule has 0 unspecified atom stereocenters. The fourth-order valence-electron chi connectivity index (χ4n) is 0.296. The minimum Gasteiger partial charge on any atom is -0.476 e. The summed E-state index contributed by atoms with van der Waals surface area (Å²) in [4.78, 5) is 0. The molecular weight excluding hydrogens is 152 g/mol. The summed E-state index contributed by atoms with van der Waals surface area (Å²) in [5.74, 6) is 0. The molecule has 1 atom stereocenters. The van der Waals surface area contributed by atoms with Crippen LogP contribution in [0.15, 0.2) is 0 Å². The summed E-state index contributed by atoms with van der Waals surface area (Å²) in [6, 6.07) is 0. The maximum atomic E-state index is 5.24. The molecular formula is C6H12OS2. The molecule has 54 valence electrons. The zero-order valence-corrected chi connectivity index (χ0v) is 7.64. The van der Waals surface area contributed by atoms with E-state index in [4.69, 9.17) is 17.0 Å². The Morgan fingerprint density at radius 3 is 2.67 bits per heavy atom. The average Bonchev–Trinajstić information content (AvgIpc) is 1.87. The highest BCUT2D eigenvalue weighted by atomic mass is 32.2. The van der Waals surface area contributed by atoms with Gasteiger partial charge >= 0.3 is 0 Å². The fourth-order valence-corrected chi connectivity index (χ4v) is 0.720. The molecule has 0 aliphatic rings. The number of hydrogen-bond donors (Lipinski definition) is 0. The predicted molar refractivity (Wildman–Crippen MR) is 47.0 cm³/mol. The number of rotatable bonds is 2. The van der Waals surface area contributed by atoms with E-state index in [2.05, 4.69) is 6.92 Å². The molecule has 0 amide bonds. The van der Waals surface area contributed by atoms with E-state index in [0.29, 0.717) is 4.38 Å². The van der Waals surface area contributed by atoms with E-state index in [-0.39, 0.29) is 6.10 Å². The second-order valence-corrected chi connectivity index (χ2v) is 3.20. The summed E-state index contributed by atoms with van der Waals surface area (Å²) in [6.07, 6.45) is 3.20. The Labute approximate surface area is 66.2 Å². The summed E-state index contributed by atoms with van der Waals surface area (Å²) < 4.78 is 5.89. The Balaban J connectivity index is 3.34. The largest absolute Gasteiger partial charge is 0.476 e. The number of thioether (sulfide) groups is 1. The van der Waals surface area contributed by atoms with Crippen molar-refractivity contribution in [3.8, 4) is 0 Å². The SMILES string of the molecule is CC[C@H](C)OC(=S)SC. The normalized spacial score (nSPS) is 12.8. The summed E-state index contributed by atoms with van der Waals surface area (Å²) in [7, 11) is 0. The highest BCUT2D eigenvalue weighted by Crippen LogP contribution is 2.05. The van der Waals surface area contributed by atoms with Gasteiger partial charge in [-0.1, -0.05) is 18.7 Å². The second-order valence-electron chi connectivity index (χ2n) is 1.79. The van der Waals surface area contributed by atoms with Gasteiger partial charge in [-0.3, -0.25) is 0 Å². The smallest absolute Gasteiger partial charge is 0.219 e. The maximum Gasteiger partial charge on any atom is 0.219 e. The first-order chi connectivity index (χ1) is 4.20. The van der Waals surface area contributed by atoms with Crippen LogP contribution in [0.25, 0.3) is 0 Å². The Kier molecular flexibility index (Phi) is 5.19. The molecule has 0 rings (SSSR count). The van der Waals surface area contributed by atoms with Gasteiger partial charge in [0.15, 0.2) is 0 Å². The molecule has 0 heterocycles. The molecule has 3 heteroatoms. The lowest BCUT2D eigenvalue weighted by molar-refractivity contribution is 0.217. The standard InChI is InChI=1S/C6H12OS2/c1-4-5(2)7-6(8)9-3/h5H,4H2,1-3H3/t5-/m0/s1. The molecule has 1 nitrogen and oxygen atoms in total. The van der Waals surface area contributed by atoms with E-state index in [9.17, 15) is 0 Å².